The van der Waals surface area contributed by atoms with E-state index in [-0.39, 0.29) is 5.56 Å². The highest BCUT2D eigenvalue weighted by molar-refractivity contribution is 14.1. The maximum atomic E-state index is 13.5. The third kappa shape index (κ3) is 2.92. The van der Waals surface area contributed by atoms with Crippen LogP contribution in [0.2, 0.25) is 0 Å². The molecule has 3 aromatic rings. The Bertz CT molecular complexity index is 1360. The second-order valence-electron chi connectivity index (χ2n) is 7.38. The Labute approximate surface area is 189 Å². The molecule has 3 atom stereocenters. The zero-order chi connectivity index (χ0) is 21.0. The molecule has 0 spiro atoms. The van der Waals surface area contributed by atoms with Crippen molar-refractivity contribution < 1.29 is 14.3 Å². The number of nitrogens with zero attached hydrogens (tertiary/aromatic N) is 2. The van der Waals surface area contributed by atoms with E-state index < -0.39 is 23.7 Å². The molecule has 0 fully saturated rings. The van der Waals surface area contributed by atoms with Gasteiger partial charge in [-0.25, -0.2) is 4.99 Å². The summed E-state index contributed by atoms with van der Waals surface area (Å²) in [5.41, 5.74) is 0.397. The highest BCUT2D eigenvalue weighted by Gasteiger charge is 2.55. The number of rotatable bonds is 2. The monoisotopic (exact) mass is 532 g/mol. The van der Waals surface area contributed by atoms with Gasteiger partial charge in [-0.1, -0.05) is 41.7 Å². The number of hydrogen-bond acceptors (Lipinski definition) is 6. The standard InChI is InChI=1S/C22H17IN2O4S/c1-22-17(20(27)28-2)18(14-8-3-4-9-15(14)29-22)25-19(26)16(30-21(25)24-22)11-12-6-5-7-13(23)10-12/h3-11,17-18H,1-2H3. The van der Waals surface area contributed by atoms with E-state index in [0.29, 0.717) is 15.1 Å². The van der Waals surface area contributed by atoms with Crippen molar-refractivity contribution in [3.05, 3.63) is 82.9 Å². The summed E-state index contributed by atoms with van der Waals surface area (Å²) in [6.07, 6.45) is 1.86. The number of thiazole rings is 1. The predicted molar refractivity (Wildman–Crippen MR) is 121 cm³/mol. The van der Waals surface area contributed by atoms with E-state index in [9.17, 15) is 9.59 Å². The molecule has 2 aliphatic heterocycles. The Morgan fingerprint density at radius 2 is 2.10 bits per heavy atom. The van der Waals surface area contributed by atoms with Crippen molar-refractivity contribution in [3.63, 3.8) is 0 Å². The first kappa shape index (κ1) is 19.5. The van der Waals surface area contributed by atoms with Gasteiger partial charge in [0.25, 0.3) is 5.56 Å². The number of benzene rings is 2. The van der Waals surface area contributed by atoms with E-state index >= 15 is 0 Å². The van der Waals surface area contributed by atoms with Gasteiger partial charge in [0, 0.05) is 9.13 Å². The Hall–Kier alpha value is -2.46. The van der Waals surface area contributed by atoms with E-state index in [0.717, 1.165) is 14.7 Å². The van der Waals surface area contributed by atoms with Crippen molar-refractivity contribution in [1.29, 1.82) is 0 Å². The number of halogens is 1. The second kappa shape index (κ2) is 7.05. The Morgan fingerprint density at radius 1 is 1.30 bits per heavy atom. The molecule has 0 saturated carbocycles. The topological polar surface area (TPSA) is 69.9 Å². The lowest BCUT2D eigenvalue weighted by molar-refractivity contribution is -0.158. The molecule has 30 heavy (non-hydrogen) atoms. The van der Waals surface area contributed by atoms with Gasteiger partial charge in [0.15, 0.2) is 4.80 Å². The molecule has 0 amide bonds. The van der Waals surface area contributed by atoms with Gasteiger partial charge in [0.05, 0.1) is 17.7 Å². The van der Waals surface area contributed by atoms with Crippen LogP contribution in [0.4, 0.5) is 0 Å². The molecule has 5 rings (SSSR count). The minimum absolute atomic E-state index is 0.171. The fourth-order valence-corrected chi connectivity index (χ4v) is 5.85. The number of carbonyl (C=O) groups is 1. The van der Waals surface area contributed by atoms with Crippen molar-refractivity contribution in [3.8, 4) is 5.75 Å². The van der Waals surface area contributed by atoms with Crippen LogP contribution < -0.4 is 19.6 Å². The third-order valence-corrected chi connectivity index (χ3v) is 7.14. The summed E-state index contributed by atoms with van der Waals surface area (Å²) in [6, 6.07) is 14.8. The molecule has 8 heteroatoms. The Kier molecular flexibility index (Phi) is 4.59. The molecule has 0 aliphatic carbocycles. The molecule has 1 aromatic heterocycles. The van der Waals surface area contributed by atoms with Crippen LogP contribution >= 0.6 is 33.9 Å². The third-order valence-electron chi connectivity index (χ3n) is 5.48. The number of aromatic nitrogens is 1. The van der Waals surface area contributed by atoms with Crippen molar-refractivity contribution >= 4 is 46.0 Å². The molecule has 2 aliphatic rings. The maximum absolute atomic E-state index is 13.5. The normalized spacial score (nSPS) is 24.3. The second-order valence-corrected chi connectivity index (χ2v) is 9.63. The highest BCUT2D eigenvalue weighted by Crippen LogP contribution is 2.47. The van der Waals surface area contributed by atoms with E-state index in [1.54, 1.807) is 11.5 Å². The molecule has 2 aromatic carbocycles. The first-order valence-corrected chi connectivity index (χ1v) is 11.2. The summed E-state index contributed by atoms with van der Waals surface area (Å²) in [5.74, 6) is -0.587. The Morgan fingerprint density at radius 3 is 2.87 bits per heavy atom. The summed E-state index contributed by atoms with van der Waals surface area (Å²) in [4.78, 5) is 31.5. The zero-order valence-electron chi connectivity index (χ0n) is 16.2. The van der Waals surface area contributed by atoms with Gasteiger partial charge in [0.2, 0.25) is 5.72 Å². The summed E-state index contributed by atoms with van der Waals surface area (Å²) in [6.45, 7) is 1.77. The first-order chi connectivity index (χ1) is 14.4. The molecule has 2 bridgehead atoms. The molecule has 0 N–H and O–H groups in total. The highest BCUT2D eigenvalue weighted by atomic mass is 127. The summed E-state index contributed by atoms with van der Waals surface area (Å²) in [5, 5.41) is 0. The summed E-state index contributed by atoms with van der Waals surface area (Å²) >= 11 is 3.55. The predicted octanol–water partition coefficient (Wildman–Crippen LogP) is 2.46. The van der Waals surface area contributed by atoms with Crippen LogP contribution in [0.5, 0.6) is 5.75 Å². The first-order valence-electron chi connectivity index (χ1n) is 9.35. The van der Waals surface area contributed by atoms with Crippen molar-refractivity contribution in [1.82, 2.24) is 4.57 Å². The fourth-order valence-electron chi connectivity index (χ4n) is 4.18. The molecular formula is C22H17IN2O4S. The minimum Gasteiger partial charge on any atom is -0.469 e. The molecule has 0 saturated heterocycles. The van der Waals surface area contributed by atoms with E-state index in [1.807, 2.05) is 54.6 Å². The zero-order valence-corrected chi connectivity index (χ0v) is 19.1. The van der Waals surface area contributed by atoms with Gasteiger partial charge in [-0.15, -0.1) is 0 Å². The van der Waals surface area contributed by atoms with Crippen LogP contribution in [0, 0.1) is 9.49 Å². The molecule has 152 valence electrons. The quantitative estimate of drug-likeness (QED) is 0.376. The van der Waals surface area contributed by atoms with Crippen LogP contribution in [0.15, 0.2) is 58.3 Å². The number of methoxy groups -OCH3 is 1. The van der Waals surface area contributed by atoms with E-state index in [2.05, 4.69) is 22.6 Å². The average Bonchev–Trinajstić information content (AvgIpc) is 3.00. The smallest absolute Gasteiger partial charge is 0.317 e. The average molecular weight is 532 g/mol. The lowest BCUT2D eigenvalue weighted by Gasteiger charge is -2.44. The van der Waals surface area contributed by atoms with Gasteiger partial charge in [-0.05, 0) is 59.4 Å². The van der Waals surface area contributed by atoms with Crippen LogP contribution in [0.1, 0.15) is 24.1 Å². The summed E-state index contributed by atoms with van der Waals surface area (Å²) < 4.78 is 14.5. The number of para-hydroxylation sites is 1. The van der Waals surface area contributed by atoms with Crippen LogP contribution in [0.3, 0.4) is 0 Å². The van der Waals surface area contributed by atoms with Gasteiger partial charge < -0.3 is 9.47 Å². The van der Waals surface area contributed by atoms with E-state index in [1.165, 1.54) is 18.4 Å². The molecule has 0 radical (unpaired) electrons. The number of esters is 1. The SMILES string of the molecule is COC(=O)C1C2c3ccccc3OC1(C)N=c1sc(=Cc3cccc(I)c3)c(=O)n12. The molecule has 6 nitrogen and oxygen atoms in total. The number of ether oxygens (including phenoxy) is 2. The molecular weight excluding hydrogens is 515 g/mol. The largest absolute Gasteiger partial charge is 0.469 e. The van der Waals surface area contributed by atoms with Crippen molar-refractivity contribution in [2.24, 2.45) is 10.9 Å². The summed E-state index contributed by atoms with van der Waals surface area (Å²) in [7, 11) is 1.34. The fraction of sp³-hybridized carbons (Fsp3) is 0.227. The van der Waals surface area contributed by atoms with Gasteiger partial charge in [-0.3, -0.25) is 14.2 Å². The van der Waals surface area contributed by atoms with Crippen LogP contribution in [-0.4, -0.2) is 23.4 Å². The lowest BCUT2D eigenvalue weighted by Crippen LogP contribution is -2.58. The van der Waals surface area contributed by atoms with Crippen LogP contribution in [0.25, 0.3) is 6.08 Å². The maximum Gasteiger partial charge on any atom is 0.317 e. The van der Waals surface area contributed by atoms with E-state index in [4.69, 9.17) is 14.5 Å². The lowest BCUT2D eigenvalue weighted by atomic mass is 9.81. The number of fused-ring (bicyclic) bond motifs is 6. The van der Waals surface area contributed by atoms with Crippen molar-refractivity contribution in [2.45, 2.75) is 18.7 Å². The minimum atomic E-state index is -1.15. The van der Waals surface area contributed by atoms with Crippen LogP contribution in [-0.2, 0) is 9.53 Å². The van der Waals surface area contributed by atoms with Gasteiger partial charge >= 0.3 is 5.97 Å². The van der Waals surface area contributed by atoms with Gasteiger partial charge in [0.1, 0.15) is 11.7 Å². The Balaban J connectivity index is 1.80. The van der Waals surface area contributed by atoms with Crippen molar-refractivity contribution in [2.75, 3.05) is 7.11 Å². The number of carbonyl (C=O) groups excluding carboxylic acids is 1. The molecule has 3 unspecified atom stereocenters. The van der Waals surface area contributed by atoms with Gasteiger partial charge in [-0.2, -0.15) is 0 Å². The molecule has 3 heterocycles. The number of hydrogen-bond donors (Lipinski definition) is 0.